The average Bonchev–Trinajstić information content (AvgIpc) is 3.05. The van der Waals surface area contributed by atoms with Gasteiger partial charge in [-0.05, 0) is 42.0 Å². The smallest absolute Gasteiger partial charge is 0.300 e. The van der Waals surface area contributed by atoms with Gasteiger partial charge in [-0.1, -0.05) is 46.3 Å². The van der Waals surface area contributed by atoms with Crippen molar-refractivity contribution in [3.63, 3.8) is 0 Å². The molecular weight excluding hydrogens is 464 g/mol. The van der Waals surface area contributed by atoms with Gasteiger partial charge in [0.15, 0.2) is 0 Å². The van der Waals surface area contributed by atoms with Crippen molar-refractivity contribution >= 4 is 44.8 Å². The number of aliphatic hydroxyl groups is 1. The summed E-state index contributed by atoms with van der Waals surface area (Å²) in [5.41, 5.74) is 1.12. The molecule has 0 aliphatic carbocycles. The number of halogens is 1. The molecule has 3 aromatic rings. The molecule has 1 fully saturated rings. The predicted octanol–water partition coefficient (Wildman–Crippen LogP) is 4.98. The van der Waals surface area contributed by atoms with Crippen LogP contribution in [-0.2, 0) is 9.59 Å². The van der Waals surface area contributed by atoms with Gasteiger partial charge in [0.25, 0.3) is 17.4 Å². The molecule has 0 unspecified atom stereocenters. The van der Waals surface area contributed by atoms with Gasteiger partial charge in [-0.25, -0.2) is 0 Å². The van der Waals surface area contributed by atoms with Gasteiger partial charge >= 0.3 is 0 Å². The summed E-state index contributed by atoms with van der Waals surface area (Å²) < 4.78 is 0.795. The fourth-order valence-electron chi connectivity index (χ4n) is 3.55. The molecule has 1 N–H and O–H groups in total. The van der Waals surface area contributed by atoms with E-state index in [0.29, 0.717) is 16.8 Å². The Bertz CT molecular complexity index is 1200. The number of nitrogens with zero attached hydrogens (tertiary/aromatic N) is 2. The van der Waals surface area contributed by atoms with Crippen LogP contribution in [-0.4, -0.2) is 21.7 Å². The van der Waals surface area contributed by atoms with Gasteiger partial charge in [-0.3, -0.25) is 24.6 Å². The second-order valence-corrected chi connectivity index (χ2v) is 7.78. The summed E-state index contributed by atoms with van der Waals surface area (Å²) in [6.45, 7) is 0. The first-order chi connectivity index (χ1) is 14.9. The second kappa shape index (κ2) is 8.16. The lowest BCUT2D eigenvalue weighted by atomic mass is 9.95. The van der Waals surface area contributed by atoms with Gasteiger partial charge in [0.1, 0.15) is 5.76 Å². The van der Waals surface area contributed by atoms with E-state index in [0.717, 1.165) is 4.47 Å². The number of nitro benzene ring substituents is 1. The number of anilines is 1. The minimum atomic E-state index is -0.942. The summed E-state index contributed by atoms with van der Waals surface area (Å²) in [5.74, 6) is -1.92. The highest BCUT2D eigenvalue weighted by atomic mass is 79.9. The van der Waals surface area contributed by atoms with E-state index in [2.05, 4.69) is 15.9 Å². The lowest BCUT2D eigenvalue weighted by Gasteiger charge is -2.25. The van der Waals surface area contributed by atoms with Crippen molar-refractivity contribution in [2.24, 2.45) is 0 Å². The van der Waals surface area contributed by atoms with Crippen LogP contribution in [0.4, 0.5) is 11.4 Å². The second-order valence-electron chi connectivity index (χ2n) is 6.86. The fraction of sp³-hybridized carbons (Fsp3) is 0.0435. The third kappa shape index (κ3) is 3.73. The molecule has 3 aromatic carbocycles. The van der Waals surface area contributed by atoms with Crippen LogP contribution in [0.15, 0.2) is 88.9 Å². The zero-order chi connectivity index (χ0) is 22.1. The molecule has 8 heteroatoms. The van der Waals surface area contributed by atoms with E-state index in [1.54, 1.807) is 54.6 Å². The highest BCUT2D eigenvalue weighted by Crippen LogP contribution is 2.42. The minimum absolute atomic E-state index is 0.0760. The SMILES string of the molecule is O=C1C(=O)N(c2ccc(Br)cc2)[C@@H](c2ccc([N+](=O)[O-])cc2)C1=C(O)c1ccccc1. The molecular formula is C23H15BrN2O5. The molecule has 1 atom stereocenters. The standard InChI is InChI=1S/C23H15BrN2O5/c24-16-8-12-17(13-9-16)25-20(14-6-10-18(11-7-14)26(30)31)19(22(28)23(25)29)21(27)15-4-2-1-3-5-15/h1-13,20,27H/t20-/m0/s1. The van der Waals surface area contributed by atoms with Crippen molar-refractivity contribution in [3.05, 3.63) is 110 Å². The number of aliphatic hydroxyl groups excluding tert-OH is 1. The molecule has 0 aromatic heterocycles. The van der Waals surface area contributed by atoms with Crippen molar-refractivity contribution in [2.75, 3.05) is 4.90 Å². The number of rotatable bonds is 4. The Labute approximate surface area is 185 Å². The van der Waals surface area contributed by atoms with Crippen LogP contribution < -0.4 is 4.90 Å². The zero-order valence-electron chi connectivity index (χ0n) is 15.9. The number of ketones is 1. The zero-order valence-corrected chi connectivity index (χ0v) is 17.5. The van der Waals surface area contributed by atoms with E-state index in [1.165, 1.54) is 29.2 Å². The van der Waals surface area contributed by atoms with Crippen LogP contribution in [0.2, 0.25) is 0 Å². The average molecular weight is 479 g/mol. The molecule has 0 spiro atoms. The van der Waals surface area contributed by atoms with Crippen molar-refractivity contribution in [2.45, 2.75) is 6.04 Å². The number of carbonyl (C=O) groups is 2. The summed E-state index contributed by atoms with van der Waals surface area (Å²) in [5, 5.41) is 22.0. The van der Waals surface area contributed by atoms with Crippen molar-refractivity contribution in [1.82, 2.24) is 0 Å². The Morgan fingerprint density at radius 2 is 1.55 bits per heavy atom. The number of amides is 1. The van der Waals surface area contributed by atoms with Gasteiger partial charge in [-0.2, -0.15) is 0 Å². The highest BCUT2D eigenvalue weighted by molar-refractivity contribution is 9.10. The number of hydrogen-bond donors (Lipinski definition) is 1. The quantitative estimate of drug-likeness (QED) is 0.187. The number of benzene rings is 3. The van der Waals surface area contributed by atoms with Crippen LogP contribution in [0.5, 0.6) is 0 Å². The molecule has 7 nitrogen and oxygen atoms in total. The van der Waals surface area contributed by atoms with Crippen molar-refractivity contribution in [1.29, 1.82) is 0 Å². The molecule has 4 rings (SSSR count). The minimum Gasteiger partial charge on any atom is -0.507 e. The summed E-state index contributed by atoms with van der Waals surface area (Å²) in [4.78, 5) is 37.8. The molecule has 154 valence electrons. The maximum Gasteiger partial charge on any atom is 0.300 e. The largest absolute Gasteiger partial charge is 0.507 e. The van der Waals surface area contributed by atoms with Gasteiger partial charge in [0, 0.05) is 27.9 Å². The van der Waals surface area contributed by atoms with E-state index in [1.807, 2.05) is 0 Å². The molecule has 0 radical (unpaired) electrons. The number of non-ortho nitro benzene ring substituents is 1. The number of carbonyl (C=O) groups excluding carboxylic acids is 2. The first kappa shape index (κ1) is 20.5. The van der Waals surface area contributed by atoms with E-state index in [9.17, 15) is 24.8 Å². The molecule has 1 aliphatic heterocycles. The van der Waals surface area contributed by atoms with Gasteiger partial charge < -0.3 is 5.11 Å². The van der Waals surface area contributed by atoms with E-state index in [-0.39, 0.29) is 17.0 Å². The van der Waals surface area contributed by atoms with Gasteiger partial charge in [0.05, 0.1) is 16.5 Å². The Morgan fingerprint density at radius 3 is 2.13 bits per heavy atom. The lowest BCUT2D eigenvalue weighted by molar-refractivity contribution is -0.384. The van der Waals surface area contributed by atoms with Crippen LogP contribution in [0.25, 0.3) is 5.76 Å². The van der Waals surface area contributed by atoms with E-state index in [4.69, 9.17) is 0 Å². The molecule has 1 amide bonds. The first-order valence-corrected chi connectivity index (χ1v) is 10.0. The first-order valence-electron chi connectivity index (χ1n) is 9.25. The summed E-state index contributed by atoms with van der Waals surface area (Å²) in [6, 6.07) is 19.9. The summed E-state index contributed by atoms with van der Waals surface area (Å²) in [6.07, 6.45) is 0. The van der Waals surface area contributed by atoms with Gasteiger partial charge in [0.2, 0.25) is 0 Å². The van der Waals surface area contributed by atoms with Crippen LogP contribution in [0, 0.1) is 10.1 Å². The number of Topliss-reactive ketones (excluding diaryl/α,β-unsaturated/α-hetero) is 1. The molecule has 1 saturated heterocycles. The predicted molar refractivity (Wildman–Crippen MR) is 118 cm³/mol. The summed E-state index contributed by atoms with van der Waals surface area (Å²) >= 11 is 3.34. The molecule has 0 bridgehead atoms. The van der Waals surface area contributed by atoms with Crippen molar-refractivity contribution < 1.29 is 19.6 Å². The summed E-state index contributed by atoms with van der Waals surface area (Å²) in [7, 11) is 0. The molecule has 0 saturated carbocycles. The maximum atomic E-state index is 13.0. The maximum absolute atomic E-state index is 13.0. The Morgan fingerprint density at radius 1 is 0.935 bits per heavy atom. The highest BCUT2D eigenvalue weighted by Gasteiger charge is 2.47. The van der Waals surface area contributed by atoms with Crippen molar-refractivity contribution in [3.8, 4) is 0 Å². The normalized spacial score (nSPS) is 17.7. The van der Waals surface area contributed by atoms with Crippen LogP contribution >= 0.6 is 15.9 Å². The number of nitro groups is 1. The molecule has 31 heavy (non-hydrogen) atoms. The topological polar surface area (TPSA) is 101 Å². The van der Waals surface area contributed by atoms with E-state index >= 15 is 0 Å². The third-order valence-electron chi connectivity index (χ3n) is 5.02. The Hall–Kier alpha value is -3.78. The third-order valence-corrected chi connectivity index (χ3v) is 5.54. The Kier molecular flexibility index (Phi) is 5.39. The monoisotopic (exact) mass is 478 g/mol. The molecule has 1 heterocycles. The van der Waals surface area contributed by atoms with Crippen LogP contribution in [0.3, 0.4) is 0 Å². The molecule has 1 aliphatic rings. The van der Waals surface area contributed by atoms with Gasteiger partial charge in [-0.15, -0.1) is 0 Å². The van der Waals surface area contributed by atoms with Crippen LogP contribution in [0.1, 0.15) is 17.2 Å². The van der Waals surface area contributed by atoms with E-state index < -0.39 is 22.7 Å². The Balaban J connectivity index is 1.93. The lowest BCUT2D eigenvalue weighted by Crippen LogP contribution is -2.29. The fourth-order valence-corrected chi connectivity index (χ4v) is 3.81. The number of hydrogen-bond acceptors (Lipinski definition) is 5.